The van der Waals surface area contributed by atoms with E-state index in [1.54, 1.807) is 6.07 Å². The SMILES string of the molecule is O=C1C[C@H](c2ccc(Cl)cc2F)c2c(nc(N3CCCCC3)[nH]c2=O)N1. The van der Waals surface area contributed by atoms with Gasteiger partial charge in [0.1, 0.15) is 11.6 Å². The first-order valence-electron chi connectivity index (χ1n) is 8.67. The minimum atomic E-state index is -0.692. The van der Waals surface area contributed by atoms with Crippen molar-refractivity contribution in [1.82, 2.24) is 9.97 Å². The molecule has 1 amide bonds. The summed E-state index contributed by atoms with van der Waals surface area (Å²) in [5.41, 5.74) is 0.199. The molecule has 2 aliphatic rings. The van der Waals surface area contributed by atoms with E-state index in [9.17, 15) is 14.0 Å². The van der Waals surface area contributed by atoms with Crippen molar-refractivity contribution in [2.45, 2.75) is 31.6 Å². The number of nitrogens with one attached hydrogen (secondary N) is 2. The molecule has 0 unspecified atom stereocenters. The van der Waals surface area contributed by atoms with E-state index in [-0.39, 0.29) is 39.9 Å². The molecule has 2 aliphatic heterocycles. The van der Waals surface area contributed by atoms with Gasteiger partial charge in [-0.3, -0.25) is 14.6 Å². The summed E-state index contributed by atoms with van der Waals surface area (Å²) in [7, 11) is 0. The fourth-order valence-electron chi connectivity index (χ4n) is 3.66. The zero-order valence-electron chi connectivity index (χ0n) is 14.0. The molecule has 26 heavy (non-hydrogen) atoms. The molecule has 1 saturated heterocycles. The lowest BCUT2D eigenvalue weighted by Crippen LogP contribution is -2.36. The third-order valence-electron chi connectivity index (χ3n) is 4.93. The summed E-state index contributed by atoms with van der Waals surface area (Å²) in [5, 5.41) is 2.93. The van der Waals surface area contributed by atoms with Gasteiger partial charge in [0.25, 0.3) is 5.56 Å². The molecule has 8 heteroatoms. The van der Waals surface area contributed by atoms with Gasteiger partial charge in [0.05, 0.1) is 5.56 Å². The number of carbonyl (C=O) groups excluding carboxylic acids is 1. The first kappa shape index (κ1) is 17.0. The van der Waals surface area contributed by atoms with Crippen molar-refractivity contribution >= 4 is 29.3 Å². The Morgan fingerprint density at radius 2 is 1.96 bits per heavy atom. The van der Waals surface area contributed by atoms with Gasteiger partial charge in [0.2, 0.25) is 11.9 Å². The second-order valence-corrected chi connectivity index (χ2v) is 7.11. The summed E-state index contributed by atoms with van der Waals surface area (Å²) < 4.78 is 14.4. The van der Waals surface area contributed by atoms with Crippen molar-refractivity contribution in [3.63, 3.8) is 0 Å². The molecular formula is C18H18ClFN4O2. The van der Waals surface area contributed by atoms with Crippen LogP contribution in [0, 0.1) is 5.82 Å². The third-order valence-corrected chi connectivity index (χ3v) is 5.17. The highest BCUT2D eigenvalue weighted by atomic mass is 35.5. The molecule has 0 saturated carbocycles. The number of halogens is 2. The number of nitrogens with zero attached hydrogens (tertiary/aromatic N) is 2. The number of benzene rings is 1. The molecule has 3 heterocycles. The number of piperidine rings is 1. The van der Waals surface area contributed by atoms with E-state index >= 15 is 0 Å². The standard InChI is InChI=1S/C18H18ClFN4O2/c19-10-4-5-11(13(20)8-10)12-9-14(25)21-16-15(12)17(26)23-18(22-16)24-6-2-1-3-7-24/h4-5,8,12H,1-3,6-7,9H2,(H2,21,22,23,25,26)/t12-/m1/s1. The summed E-state index contributed by atoms with van der Waals surface area (Å²) in [6.45, 7) is 1.62. The van der Waals surface area contributed by atoms with Gasteiger partial charge < -0.3 is 10.2 Å². The lowest BCUT2D eigenvalue weighted by molar-refractivity contribution is -0.116. The van der Waals surface area contributed by atoms with E-state index in [0.29, 0.717) is 5.95 Å². The Morgan fingerprint density at radius 1 is 1.19 bits per heavy atom. The highest BCUT2D eigenvalue weighted by Gasteiger charge is 2.33. The van der Waals surface area contributed by atoms with Crippen molar-refractivity contribution < 1.29 is 9.18 Å². The number of fused-ring (bicyclic) bond motifs is 1. The fourth-order valence-corrected chi connectivity index (χ4v) is 3.82. The first-order chi connectivity index (χ1) is 12.5. The van der Waals surface area contributed by atoms with E-state index in [2.05, 4.69) is 15.3 Å². The maximum Gasteiger partial charge on any atom is 0.258 e. The molecule has 4 rings (SSSR count). The van der Waals surface area contributed by atoms with Crippen molar-refractivity contribution in [2.75, 3.05) is 23.3 Å². The molecular weight excluding hydrogens is 359 g/mol. The largest absolute Gasteiger partial charge is 0.342 e. The number of aromatic amines is 1. The third kappa shape index (κ3) is 3.07. The van der Waals surface area contributed by atoms with Crippen LogP contribution in [0.25, 0.3) is 0 Å². The van der Waals surface area contributed by atoms with Gasteiger partial charge in [-0.15, -0.1) is 0 Å². The van der Waals surface area contributed by atoms with Crippen molar-refractivity contribution in [2.24, 2.45) is 0 Å². The molecule has 2 N–H and O–H groups in total. The number of aromatic nitrogens is 2. The quantitative estimate of drug-likeness (QED) is 0.844. The molecule has 2 aromatic rings. The Balaban J connectivity index is 1.80. The van der Waals surface area contributed by atoms with E-state index in [4.69, 9.17) is 11.6 Å². The van der Waals surface area contributed by atoms with Crippen LogP contribution in [-0.4, -0.2) is 29.0 Å². The van der Waals surface area contributed by atoms with Crippen LogP contribution in [0.5, 0.6) is 0 Å². The predicted octanol–water partition coefficient (Wildman–Crippen LogP) is 3.03. The van der Waals surface area contributed by atoms with Crippen LogP contribution in [0.3, 0.4) is 0 Å². The molecule has 1 aromatic heterocycles. The van der Waals surface area contributed by atoms with Crippen molar-refractivity contribution in [1.29, 1.82) is 0 Å². The number of amides is 1. The van der Waals surface area contributed by atoms with E-state index in [1.807, 2.05) is 4.90 Å². The van der Waals surface area contributed by atoms with E-state index in [1.165, 1.54) is 12.1 Å². The summed E-state index contributed by atoms with van der Waals surface area (Å²) in [4.78, 5) is 34.2. The van der Waals surface area contributed by atoms with Crippen molar-refractivity contribution in [3.05, 3.63) is 50.5 Å². The lowest BCUT2D eigenvalue weighted by Gasteiger charge is -2.29. The van der Waals surface area contributed by atoms with Crippen LogP contribution in [-0.2, 0) is 4.79 Å². The maximum absolute atomic E-state index is 14.4. The van der Waals surface area contributed by atoms with Gasteiger partial charge in [-0.25, -0.2) is 4.39 Å². The normalized spacial score (nSPS) is 19.8. The van der Waals surface area contributed by atoms with Crippen molar-refractivity contribution in [3.8, 4) is 0 Å². The number of H-pyrrole nitrogens is 1. The summed E-state index contributed by atoms with van der Waals surface area (Å²) in [6, 6.07) is 4.26. The Bertz CT molecular complexity index is 924. The van der Waals surface area contributed by atoms with Gasteiger partial charge in [-0.2, -0.15) is 4.98 Å². The molecule has 1 fully saturated rings. The zero-order chi connectivity index (χ0) is 18.3. The molecule has 0 aliphatic carbocycles. The average Bonchev–Trinajstić information content (AvgIpc) is 2.61. The van der Waals surface area contributed by atoms with E-state index in [0.717, 1.165) is 32.4 Å². The predicted molar refractivity (Wildman–Crippen MR) is 97.4 cm³/mol. The number of anilines is 2. The fraction of sp³-hybridized carbons (Fsp3) is 0.389. The van der Waals surface area contributed by atoms with Gasteiger partial charge in [0.15, 0.2) is 0 Å². The summed E-state index contributed by atoms with van der Waals surface area (Å²) in [6.07, 6.45) is 3.21. The monoisotopic (exact) mass is 376 g/mol. The van der Waals surface area contributed by atoms with Crippen LogP contribution in [0.1, 0.15) is 42.7 Å². The van der Waals surface area contributed by atoms with Crippen LogP contribution < -0.4 is 15.8 Å². The Morgan fingerprint density at radius 3 is 2.69 bits per heavy atom. The molecule has 1 aromatic carbocycles. The number of hydrogen-bond acceptors (Lipinski definition) is 4. The Hall–Kier alpha value is -2.41. The lowest BCUT2D eigenvalue weighted by atomic mass is 9.86. The molecule has 0 bridgehead atoms. The number of rotatable bonds is 2. The smallest absolute Gasteiger partial charge is 0.258 e. The summed E-state index contributed by atoms with van der Waals surface area (Å²) in [5.74, 6) is -0.860. The molecule has 136 valence electrons. The first-order valence-corrected chi connectivity index (χ1v) is 9.04. The second-order valence-electron chi connectivity index (χ2n) is 6.67. The number of carbonyl (C=O) groups is 1. The minimum Gasteiger partial charge on any atom is -0.342 e. The van der Waals surface area contributed by atoms with E-state index < -0.39 is 11.7 Å². The Kier molecular flexibility index (Phi) is 4.40. The second kappa shape index (κ2) is 6.72. The highest BCUT2D eigenvalue weighted by Crippen LogP contribution is 2.36. The minimum absolute atomic E-state index is 0.0145. The van der Waals surface area contributed by atoms with Crippen LogP contribution in [0.2, 0.25) is 5.02 Å². The van der Waals surface area contributed by atoms with Crippen LogP contribution in [0.15, 0.2) is 23.0 Å². The van der Waals surface area contributed by atoms with Gasteiger partial charge in [-0.1, -0.05) is 17.7 Å². The highest BCUT2D eigenvalue weighted by molar-refractivity contribution is 6.30. The zero-order valence-corrected chi connectivity index (χ0v) is 14.8. The van der Waals surface area contributed by atoms with Gasteiger partial charge in [0, 0.05) is 30.5 Å². The van der Waals surface area contributed by atoms with Gasteiger partial charge >= 0.3 is 0 Å². The van der Waals surface area contributed by atoms with Gasteiger partial charge in [-0.05, 0) is 37.0 Å². The number of hydrogen-bond donors (Lipinski definition) is 2. The molecule has 0 radical (unpaired) electrons. The maximum atomic E-state index is 14.4. The topological polar surface area (TPSA) is 78.1 Å². The average molecular weight is 377 g/mol. The van der Waals surface area contributed by atoms with Crippen LogP contribution in [0.4, 0.5) is 16.2 Å². The molecule has 1 atom stereocenters. The molecule has 0 spiro atoms. The summed E-state index contributed by atoms with van der Waals surface area (Å²) >= 11 is 5.82. The Labute approximate surface area is 154 Å². The van der Waals surface area contributed by atoms with Crippen LogP contribution >= 0.6 is 11.6 Å². The molecule has 6 nitrogen and oxygen atoms in total.